The zero-order chi connectivity index (χ0) is 14.7. The molecule has 0 aliphatic heterocycles. The molecule has 0 radical (unpaired) electrons. The Balaban J connectivity index is 2.23. The molecule has 104 valence electrons. The highest BCUT2D eigenvalue weighted by Crippen LogP contribution is 2.24. The van der Waals surface area contributed by atoms with Gasteiger partial charge in [-0.2, -0.15) is 0 Å². The number of nitrogens with two attached hydrogens (primary N) is 1. The Bertz CT molecular complexity index is 633. The highest BCUT2D eigenvalue weighted by molar-refractivity contribution is 5.92. The summed E-state index contributed by atoms with van der Waals surface area (Å²) in [4.78, 5) is 11.1. The highest BCUT2D eigenvalue weighted by Gasteiger charge is 2.09. The first-order valence-electron chi connectivity index (χ1n) is 6.26. The molecule has 4 heteroatoms. The van der Waals surface area contributed by atoms with Crippen LogP contribution in [-0.4, -0.2) is 5.91 Å². The van der Waals surface area contributed by atoms with Crippen LogP contribution in [0.25, 0.3) is 0 Å². The zero-order valence-electron chi connectivity index (χ0n) is 11.4. The molecule has 0 unspecified atom stereocenters. The number of para-hydroxylation sites is 1. The first kappa shape index (κ1) is 14.1. The molecule has 0 heterocycles. The van der Waals surface area contributed by atoms with Crippen LogP contribution >= 0.6 is 0 Å². The van der Waals surface area contributed by atoms with Crippen molar-refractivity contribution in [3.8, 4) is 5.75 Å². The summed E-state index contributed by atoms with van der Waals surface area (Å²) in [6.07, 6.45) is 0. The predicted octanol–water partition coefficient (Wildman–Crippen LogP) is 3.12. The van der Waals surface area contributed by atoms with Gasteiger partial charge in [-0.05, 0) is 43.2 Å². The second kappa shape index (κ2) is 5.74. The van der Waals surface area contributed by atoms with Crippen molar-refractivity contribution in [2.75, 3.05) is 0 Å². The summed E-state index contributed by atoms with van der Waals surface area (Å²) < 4.78 is 19.4. The van der Waals surface area contributed by atoms with Gasteiger partial charge in [0.05, 0.1) is 0 Å². The molecular formula is C16H16FNO2. The topological polar surface area (TPSA) is 52.3 Å². The van der Waals surface area contributed by atoms with Crippen molar-refractivity contribution in [1.82, 2.24) is 0 Å². The van der Waals surface area contributed by atoms with Gasteiger partial charge in [0.15, 0.2) is 0 Å². The molecule has 2 N–H and O–H groups in total. The van der Waals surface area contributed by atoms with E-state index in [4.69, 9.17) is 10.5 Å². The van der Waals surface area contributed by atoms with Crippen molar-refractivity contribution in [2.45, 2.75) is 20.5 Å². The van der Waals surface area contributed by atoms with E-state index in [0.717, 1.165) is 16.9 Å². The maximum absolute atomic E-state index is 13.7. The number of carbonyl (C=O) groups excluding carboxylic acids is 1. The summed E-state index contributed by atoms with van der Waals surface area (Å²) in [5, 5.41) is 0. The van der Waals surface area contributed by atoms with Gasteiger partial charge in [-0.3, -0.25) is 4.79 Å². The number of amides is 1. The van der Waals surface area contributed by atoms with Gasteiger partial charge in [-0.25, -0.2) is 4.39 Å². The molecule has 20 heavy (non-hydrogen) atoms. The number of ether oxygens (including phenoxy) is 1. The third-order valence-corrected chi connectivity index (χ3v) is 3.11. The van der Waals surface area contributed by atoms with Crippen molar-refractivity contribution in [1.29, 1.82) is 0 Å². The number of halogens is 1. The summed E-state index contributed by atoms with van der Waals surface area (Å²) >= 11 is 0. The lowest BCUT2D eigenvalue weighted by Gasteiger charge is -2.12. The molecule has 1 amide bonds. The lowest BCUT2D eigenvalue weighted by molar-refractivity contribution is 0.1000. The van der Waals surface area contributed by atoms with Crippen molar-refractivity contribution >= 4 is 5.91 Å². The van der Waals surface area contributed by atoms with Gasteiger partial charge < -0.3 is 10.5 Å². The van der Waals surface area contributed by atoms with Crippen LogP contribution in [0, 0.1) is 19.7 Å². The summed E-state index contributed by atoms with van der Waals surface area (Å²) in [6.45, 7) is 3.91. The SMILES string of the molecule is Cc1cccc(C)c1OCc1cc(C(N)=O)ccc1F. The van der Waals surface area contributed by atoms with Crippen LogP contribution in [0.5, 0.6) is 5.75 Å². The molecule has 0 saturated carbocycles. The molecule has 0 saturated heterocycles. The standard InChI is InChI=1S/C16H16FNO2/c1-10-4-3-5-11(2)15(10)20-9-13-8-12(16(18)19)6-7-14(13)17/h3-8H,9H2,1-2H3,(H2,18,19). The lowest BCUT2D eigenvalue weighted by Crippen LogP contribution is -2.12. The minimum absolute atomic E-state index is 0.0542. The fraction of sp³-hybridized carbons (Fsp3) is 0.188. The quantitative estimate of drug-likeness (QED) is 0.930. The van der Waals surface area contributed by atoms with Crippen molar-refractivity contribution in [3.63, 3.8) is 0 Å². The van der Waals surface area contributed by atoms with Gasteiger partial charge in [0.25, 0.3) is 0 Å². The van der Waals surface area contributed by atoms with Crippen molar-refractivity contribution < 1.29 is 13.9 Å². The van der Waals surface area contributed by atoms with Crippen LogP contribution in [0.3, 0.4) is 0 Å². The van der Waals surface area contributed by atoms with Crippen molar-refractivity contribution in [3.05, 3.63) is 64.5 Å². The van der Waals surface area contributed by atoms with Gasteiger partial charge in [0.2, 0.25) is 5.91 Å². The Morgan fingerprint density at radius 2 is 1.85 bits per heavy atom. The second-order valence-corrected chi connectivity index (χ2v) is 4.68. The number of hydrogen-bond donors (Lipinski definition) is 1. The second-order valence-electron chi connectivity index (χ2n) is 4.68. The van der Waals surface area contributed by atoms with E-state index in [1.165, 1.54) is 18.2 Å². The van der Waals surface area contributed by atoms with E-state index in [0.29, 0.717) is 5.56 Å². The molecule has 0 bridgehead atoms. The van der Waals surface area contributed by atoms with E-state index in [2.05, 4.69) is 0 Å². The maximum Gasteiger partial charge on any atom is 0.248 e. The lowest BCUT2D eigenvalue weighted by atomic mass is 10.1. The summed E-state index contributed by atoms with van der Waals surface area (Å²) in [5.41, 5.74) is 7.73. The van der Waals surface area contributed by atoms with E-state index >= 15 is 0 Å². The summed E-state index contributed by atoms with van der Waals surface area (Å²) in [6, 6.07) is 9.80. The molecule has 0 aromatic heterocycles. The molecular weight excluding hydrogens is 257 g/mol. The molecule has 0 fully saturated rings. The van der Waals surface area contributed by atoms with E-state index < -0.39 is 11.7 Å². The Labute approximate surface area is 117 Å². The van der Waals surface area contributed by atoms with Gasteiger partial charge in [0.1, 0.15) is 18.2 Å². The van der Waals surface area contributed by atoms with Crippen LogP contribution in [0.15, 0.2) is 36.4 Å². The van der Waals surface area contributed by atoms with Gasteiger partial charge >= 0.3 is 0 Å². The van der Waals surface area contributed by atoms with E-state index in [1.54, 1.807) is 0 Å². The van der Waals surface area contributed by atoms with Crippen LogP contribution in [0.1, 0.15) is 27.0 Å². The monoisotopic (exact) mass is 273 g/mol. The first-order chi connectivity index (χ1) is 9.49. The number of carbonyl (C=O) groups is 1. The largest absolute Gasteiger partial charge is 0.488 e. The number of benzene rings is 2. The maximum atomic E-state index is 13.7. The number of hydrogen-bond acceptors (Lipinski definition) is 2. The molecule has 2 rings (SSSR count). The third-order valence-electron chi connectivity index (χ3n) is 3.11. The summed E-state index contributed by atoms with van der Waals surface area (Å²) in [5.74, 6) is -0.268. The van der Waals surface area contributed by atoms with Gasteiger partial charge in [-0.15, -0.1) is 0 Å². The van der Waals surface area contributed by atoms with Crippen LogP contribution in [-0.2, 0) is 6.61 Å². The Hall–Kier alpha value is -2.36. The Kier molecular flexibility index (Phi) is 4.03. The smallest absolute Gasteiger partial charge is 0.248 e. The van der Waals surface area contributed by atoms with Crippen LogP contribution in [0.2, 0.25) is 0 Å². The summed E-state index contributed by atoms with van der Waals surface area (Å²) in [7, 11) is 0. The average molecular weight is 273 g/mol. The van der Waals surface area contributed by atoms with Crippen molar-refractivity contribution in [2.24, 2.45) is 5.73 Å². The number of aryl methyl sites for hydroxylation is 2. The first-order valence-corrected chi connectivity index (χ1v) is 6.26. The molecule has 2 aromatic rings. The number of primary amides is 1. The van der Waals surface area contributed by atoms with E-state index in [1.807, 2.05) is 32.0 Å². The molecule has 0 aliphatic carbocycles. The molecule has 2 aromatic carbocycles. The van der Waals surface area contributed by atoms with Crippen LogP contribution < -0.4 is 10.5 Å². The normalized spacial score (nSPS) is 10.3. The fourth-order valence-electron chi connectivity index (χ4n) is 2.02. The minimum atomic E-state index is -0.585. The predicted molar refractivity (Wildman–Crippen MR) is 75.2 cm³/mol. The Morgan fingerprint density at radius 3 is 2.45 bits per heavy atom. The fourth-order valence-corrected chi connectivity index (χ4v) is 2.02. The molecule has 0 atom stereocenters. The Morgan fingerprint density at radius 1 is 1.20 bits per heavy atom. The van der Waals surface area contributed by atoms with Crippen LogP contribution in [0.4, 0.5) is 4.39 Å². The van der Waals surface area contributed by atoms with Gasteiger partial charge in [-0.1, -0.05) is 18.2 Å². The average Bonchev–Trinajstić information content (AvgIpc) is 2.39. The molecule has 0 spiro atoms. The van der Waals surface area contributed by atoms with Gasteiger partial charge in [0, 0.05) is 11.1 Å². The molecule has 0 aliphatic rings. The van der Waals surface area contributed by atoms with E-state index in [9.17, 15) is 9.18 Å². The third kappa shape index (κ3) is 2.96. The minimum Gasteiger partial charge on any atom is -0.488 e. The zero-order valence-corrected chi connectivity index (χ0v) is 11.4. The number of rotatable bonds is 4. The highest BCUT2D eigenvalue weighted by atomic mass is 19.1. The molecule has 3 nitrogen and oxygen atoms in total. The van der Waals surface area contributed by atoms with E-state index in [-0.39, 0.29) is 12.2 Å².